The Labute approximate surface area is 114 Å². The summed E-state index contributed by atoms with van der Waals surface area (Å²) in [5.74, 6) is -0.226. The van der Waals surface area contributed by atoms with Crippen LogP contribution in [0.1, 0.15) is 5.56 Å². The summed E-state index contributed by atoms with van der Waals surface area (Å²) in [5, 5.41) is 10.9. The Kier molecular flexibility index (Phi) is 3.20. The third kappa shape index (κ3) is 2.40. The standard InChI is InChI=1S/C14H13FN4O/c15-10-3-1-9(2-4-10)7-8-17-12-6-5-11(16)13-14(12)19-20-18-13/h1-6,17H,7-8,16H2. The average Bonchev–Trinajstić information content (AvgIpc) is 2.94. The number of benzene rings is 2. The lowest BCUT2D eigenvalue weighted by atomic mass is 10.1. The normalized spacial score (nSPS) is 10.8. The number of rotatable bonds is 4. The number of fused-ring (bicyclic) bond motifs is 1. The Hall–Kier alpha value is -2.63. The minimum Gasteiger partial charge on any atom is -0.397 e. The number of halogens is 1. The molecule has 20 heavy (non-hydrogen) atoms. The molecular formula is C14H13FN4O. The lowest BCUT2D eigenvalue weighted by Crippen LogP contribution is -2.05. The second-order valence-corrected chi connectivity index (χ2v) is 4.47. The van der Waals surface area contributed by atoms with E-state index >= 15 is 0 Å². The summed E-state index contributed by atoms with van der Waals surface area (Å²) < 4.78 is 17.5. The Morgan fingerprint density at radius 2 is 1.80 bits per heavy atom. The van der Waals surface area contributed by atoms with Gasteiger partial charge >= 0.3 is 0 Å². The molecule has 1 heterocycles. The molecule has 102 valence electrons. The second-order valence-electron chi connectivity index (χ2n) is 4.47. The smallest absolute Gasteiger partial charge is 0.160 e. The summed E-state index contributed by atoms with van der Waals surface area (Å²) in [5.41, 5.74) is 9.35. The predicted molar refractivity (Wildman–Crippen MR) is 74.8 cm³/mol. The largest absolute Gasteiger partial charge is 0.397 e. The van der Waals surface area contributed by atoms with Crippen molar-refractivity contribution in [2.75, 3.05) is 17.6 Å². The van der Waals surface area contributed by atoms with Crippen LogP contribution in [0, 0.1) is 5.82 Å². The molecule has 2 aromatic carbocycles. The molecule has 3 rings (SSSR count). The number of anilines is 2. The molecule has 0 fully saturated rings. The minimum atomic E-state index is -0.226. The molecule has 1 aromatic heterocycles. The molecule has 0 bridgehead atoms. The fourth-order valence-electron chi connectivity index (χ4n) is 2.02. The molecule has 3 N–H and O–H groups in total. The van der Waals surface area contributed by atoms with Crippen molar-refractivity contribution in [2.45, 2.75) is 6.42 Å². The van der Waals surface area contributed by atoms with Crippen molar-refractivity contribution in [3.05, 3.63) is 47.8 Å². The molecule has 5 nitrogen and oxygen atoms in total. The Balaban J connectivity index is 1.70. The molecular weight excluding hydrogens is 259 g/mol. The molecule has 0 aliphatic rings. The van der Waals surface area contributed by atoms with Crippen LogP contribution in [0.4, 0.5) is 15.8 Å². The highest BCUT2D eigenvalue weighted by Gasteiger charge is 2.09. The van der Waals surface area contributed by atoms with Crippen LogP contribution in [0.3, 0.4) is 0 Å². The average molecular weight is 272 g/mol. The summed E-state index contributed by atoms with van der Waals surface area (Å²) >= 11 is 0. The maximum absolute atomic E-state index is 12.8. The van der Waals surface area contributed by atoms with E-state index in [0.717, 1.165) is 17.7 Å². The van der Waals surface area contributed by atoms with E-state index in [4.69, 9.17) is 10.4 Å². The zero-order chi connectivity index (χ0) is 13.9. The summed E-state index contributed by atoms with van der Waals surface area (Å²) in [6.07, 6.45) is 0.775. The van der Waals surface area contributed by atoms with Crippen molar-refractivity contribution in [3.8, 4) is 0 Å². The van der Waals surface area contributed by atoms with E-state index in [1.54, 1.807) is 18.2 Å². The maximum Gasteiger partial charge on any atom is 0.160 e. The first kappa shape index (κ1) is 12.4. The molecule has 0 atom stereocenters. The first-order chi connectivity index (χ1) is 9.74. The van der Waals surface area contributed by atoms with Crippen molar-refractivity contribution in [1.29, 1.82) is 0 Å². The Morgan fingerprint density at radius 3 is 2.60 bits per heavy atom. The van der Waals surface area contributed by atoms with Crippen LogP contribution < -0.4 is 11.1 Å². The molecule has 0 aliphatic carbocycles. The van der Waals surface area contributed by atoms with Gasteiger partial charge in [-0.25, -0.2) is 9.02 Å². The van der Waals surface area contributed by atoms with Gasteiger partial charge in [0, 0.05) is 6.54 Å². The van der Waals surface area contributed by atoms with Crippen molar-refractivity contribution in [3.63, 3.8) is 0 Å². The monoisotopic (exact) mass is 272 g/mol. The minimum absolute atomic E-state index is 0.226. The number of hydrogen-bond donors (Lipinski definition) is 2. The van der Waals surface area contributed by atoms with Crippen LogP contribution in [-0.4, -0.2) is 16.9 Å². The zero-order valence-corrected chi connectivity index (χ0v) is 10.6. The number of nitrogen functional groups attached to an aromatic ring is 1. The van der Waals surface area contributed by atoms with Gasteiger partial charge < -0.3 is 11.1 Å². The van der Waals surface area contributed by atoms with Gasteiger partial charge in [-0.2, -0.15) is 0 Å². The van der Waals surface area contributed by atoms with E-state index in [0.29, 0.717) is 23.3 Å². The van der Waals surface area contributed by atoms with Gasteiger partial charge in [0.25, 0.3) is 0 Å². The number of aromatic nitrogens is 2. The van der Waals surface area contributed by atoms with E-state index < -0.39 is 0 Å². The maximum atomic E-state index is 12.8. The molecule has 0 unspecified atom stereocenters. The number of nitrogens with zero attached hydrogens (tertiary/aromatic N) is 2. The third-order valence-corrected chi connectivity index (χ3v) is 3.09. The van der Waals surface area contributed by atoms with Crippen molar-refractivity contribution in [1.82, 2.24) is 10.3 Å². The number of hydrogen-bond acceptors (Lipinski definition) is 5. The van der Waals surface area contributed by atoms with Crippen LogP contribution in [0.25, 0.3) is 11.0 Å². The van der Waals surface area contributed by atoms with Gasteiger partial charge in [0.2, 0.25) is 0 Å². The van der Waals surface area contributed by atoms with Gasteiger partial charge in [0.1, 0.15) is 5.82 Å². The Morgan fingerprint density at radius 1 is 1.05 bits per heavy atom. The molecule has 0 radical (unpaired) electrons. The number of nitrogens with one attached hydrogen (secondary N) is 1. The van der Waals surface area contributed by atoms with Gasteiger partial charge in [-0.15, -0.1) is 0 Å². The molecule has 0 saturated heterocycles. The van der Waals surface area contributed by atoms with Gasteiger partial charge in [0.15, 0.2) is 11.0 Å². The highest BCUT2D eigenvalue weighted by molar-refractivity contribution is 5.94. The third-order valence-electron chi connectivity index (χ3n) is 3.09. The van der Waals surface area contributed by atoms with Crippen molar-refractivity contribution in [2.24, 2.45) is 0 Å². The number of nitrogens with two attached hydrogens (primary N) is 1. The summed E-state index contributed by atoms with van der Waals surface area (Å²) in [4.78, 5) is 0. The van der Waals surface area contributed by atoms with Gasteiger partial charge in [0.05, 0.1) is 11.4 Å². The van der Waals surface area contributed by atoms with Crippen LogP contribution in [0.5, 0.6) is 0 Å². The van der Waals surface area contributed by atoms with Crippen LogP contribution in [0.2, 0.25) is 0 Å². The van der Waals surface area contributed by atoms with Crippen molar-refractivity contribution >= 4 is 22.4 Å². The topological polar surface area (TPSA) is 77.0 Å². The fourth-order valence-corrected chi connectivity index (χ4v) is 2.02. The lowest BCUT2D eigenvalue weighted by Gasteiger charge is -2.07. The zero-order valence-electron chi connectivity index (χ0n) is 10.6. The van der Waals surface area contributed by atoms with Crippen LogP contribution >= 0.6 is 0 Å². The van der Waals surface area contributed by atoms with E-state index in [-0.39, 0.29) is 5.82 Å². The first-order valence-electron chi connectivity index (χ1n) is 6.23. The van der Waals surface area contributed by atoms with Crippen molar-refractivity contribution < 1.29 is 9.02 Å². The van der Waals surface area contributed by atoms with Gasteiger partial charge in [-0.3, -0.25) is 0 Å². The van der Waals surface area contributed by atoms with Gasteiger partial charge in [-0.05, 0) is 46.6 Å². The SMILES string of the molecule is Nc1ccc(NCCc2ccc(F)cc2)c2nonc12. The quantitative estimate of drug-likeness (QED) is 0.714. The fraction of sp³-hybridized carbons (Fsp3) is 0.143. The molecule has 3 aromatic rings. The van der Waals surface area contributed by atoms with E-state index in [9.17, 15) is 4.39 Å². The molecule has 0 aliphatic heterocycles. The van der Waals surface area contributed by atoms with E-state index in [1.165, 1.54) is 12.1 Å². The first-order valence-corrected chi connectivity index (χ1v) is 6.23. The molecule has 0 saturated carbocycles. The summed E-state index contributed by atoms with van der Waals surface area (Å²) in [6.45, 7) is 0.692. The molecule has 0 spiro atoms. The van der Waals surface area contributed by atoms with Crippen LogP contribution in [-0.2, 0) is 6.42 Å². The second kappa shape index (κ2) is 5.16. The summed E-state index contributed by atoms with van der Waals surface area (Å²) in [7, 11) is 0. The highest BCUT2D eigenvalue weighted by atomic mass is 19.1. The molecule has 6 heteroatoms. The summed E-state index contributed by atoms with van der Waals surface area (Å²) in [6, 6.07) is 10.1. The molecule has 0 amide bonds. The Bertz CT molecular complexity index is 724. The predicted octanol–water partition coefficient (Wildman–Crippen LogP) is 2.60. The van der Waals surface area contributed by atoms with E-state index in [2.05, 4.69) is 15.6 Å². The van der Waals surface area contributed by atoms with Crippen LogP contribution in [0.15, 0.2) is 41.0 Å². The van der Waals surface area contributed by atoms with Gasteiger partial charge in [-0.1, -0.05) is 12.1 Å². The lowest BCUT2D eigenvalue weighted by molar-refractivity contribution is 0.316. The van der Waals surface area contributed by atoms with E-state index in [1.807, 2.05) is 6.07 Å². The highest BCUT2D eigenvalue weighted by Crippen LogP contribution is 2.24.